The smallest absolute Gasteiger partial charge is 0.274 e. The molecule has 2 amide bonds. The van der Waals surface area contributed by atoms with Gasteiger partial charge >= 0.3 is 0 Å². The highest BCUT2D eigenvalue weighted by Crippen LogP contribution is 2.25. The van der Waals surface area contributed by atoms with E-state index < -0.39 is 12.0 Å². The highest BCUT2D eigenvalue weighted by molar-refractivity contribution is 7.18. The minimum absolute atomic E-state index is 0.119. The van der Waals surface area contributed by atoms with Crippen molar-refractivity contribution < 1.29 is 24.6 Å². The molecule has 1 fully saturated rings. The van der Waals surface area contributed by atoms with Crippen LogP contribution in [0.25, 0.3) is 10.2 Å². The predicted molar refractivity (Wildman–Crippen MR) is 142 cm³/mol. The first-order chi connectivity index (χ1) is 17.7. The van der Waals surface area contributed by atoms with Gasteiger partial charge in [0.05, 0.1) is 21.8 Å². The second kappa shape index (κ2) is 12.0. The van der Waals surface area contributed by atoms with E-state index in [9.17, 15) is 14.7 Å². The molecule has 4 N–H and O–H groups in total. The Bertz CT molecular complexity index is 1220. The number of ether oxygens (including phenoxy) is 1. The summed E-state index contributed by atoms with van der Waals surface area (Å²) in [5.41, 5.74) is 3.35. The summed E-state index contributed by atoms with van der Waals surface area (Å²) < 4.78 is 6.94. The van der Waals surface area contributed by atoms with Crippen LogP contribution in [0.15, 0.2) is 42.5 Å². The molecule has 1 aliphatic heterocycles. The summed E-state index contributed by atoms with van der Waals surface area (Å²) >= 11 is 1.64. The van der Waals surface area contributed by atoms with Crippen molar-refractivity contribution in [2.75, 3.05) is 38.1 Å². The van der Waals surface area contributed by atoms with Crippen molar-refractivity contribution in [1.29, 1.82) is 0 Å². The number of hydrogen-bond donors (Lipinski definition) is 4. The van der Waals surface area contributed by atoms with Crippen LogP contribution < -0.4 is 15.5 Å². The molecular weight excluding hydrogens is 494 g/mol. The van der Waals surface area contributed by atoms with Crippen LogP contribution in [0.3, 0.4) is 0 Å². The molecule has 4 rings (SSSR count). The topological polar surface area (TPSA) is 127 Å². The van der Waals surface area contributed by atoms with Crippen LogP contribution in [-0.2, 0) is 4.79 Å². The second-order valence-electron chi connectivity index (χ2n) is 9.48. The van der Waals surface area contributed by atoms with E-state index >= 15 is 0 Å². The number of aliphatic hydroxyl groups excluding tert-OH is 1. The van der Waals surface area contributed by atoms with Crippen molar-refractivity contribution in [3.63, 3.8) is 0 Å². The Morgan fingerprint density at radius 3 is 2.54 bits per heavy atom. The van der Waals surface area contributed by atoms with Crippen LogP contribution in [-0.4, -0.2) is 87.9 Å². The molecular formula is C26H33N5O5S. The fourth-order valence-electron chi connectivity index (χ4n) is 4.72. The van der Waals surface area contributed by atoms with Gasteiger partial charge in [-0.1, -0.05) is 0 Å². The van der Waals surface area contributed by atoms with E-state index in [-0.39, 0.29) is 31.1 Å². The number of β-amino-alcohol motifs (C(OH)–C–C–N with tert-alkyl or cyclic N) is 1. The number of benzene rings is 2. The Labute approximate surface area is 219 Å². The number of piperazine rings is 1. The zero-order chi connectivity index (χ0) is 26.5. The molecule has 11 heteroatoms. The molecule has 10 nitrogen and oxygen atoms in total. The third-order valence-electron chi connectivity index (χ3n) is 6.41. The van der Waals surface area contributed by atoms with E-state index in [4.69, 9.17) is 9.94 Å². The fraction of sp³-hybridized carbons (Fsp3) is 0.423. The molecule has 1 aromatic heterocycles. The van der Waals surface area contributed by atoms with Crippen molar-refractivity contribution in [3.05, 3.63) is 53.0 Å². The molecule has 0 spiro atoms. The number of amides is 2. The van der Waals surface area contributed by atoms with Crippen LogP contribution in [0.2, 0.25) is 0 Å². The molecule has 1 saturated heterocycles. The molecule has 3 atom stereocenters. The Balaban J connectivity index is 1.23. The lowest BCUT2D eigenvalue weighted by Gasteiger charge is -2.44. The first-order valence-corrected chi connectivity index (χ1v) is 13.0. The van der Waals surface area contributed by atoms with E-state index in [1.165, 1.54) is 12.1 Å². The van der Waals surface area contributed by atoms with Gasteiger partial charge in [-0.15, -0.1) is 11.3 Å². The lowest BCUT2D eigenvalue weighted by molar-refractivity contribution is -0.119. The van der Waals surface area contributed by atoms with Crippen LogP contribution in [0.4, 0.5) is 5.69 Å². The molecule has 198 valence electrons. The SMILES string of the molecule is Cc1nc2cc(OC[C@@H](O)CN3CC(C)N(CC(=O)Nc4ccc(C(=O)NO)cc4)C(C)C3)ccc2s1. The summed E-state index contributed by atoms with van der Waals surface area (Å²) in [7, 11) is 0. The highest BCUT2D eigenvalue weighted by Gasteiger charge is 2.31. The van der Waals surface area contributed by atoms with Crippen LogP contribution in [0, 0.1) is 6.92 Å². The number of fused-ring (bicyclic) bond motifs is 1. The van der Waals surface area contributed by atoms with Gasteiger partial charge in [0, 0.05) is 49.0 Å². The number of carbonyl (C=O) groups excluding carboxylic acids is 2. The molecule has 2 aromatic carbocycles. The summed E-state index contributed by atoms with van der Waals surface area (Å²) in [6.07, 6.45) is -0.641. The van der Waals surface area contributed by atoms with E-state index in [0.29, 0.717) is 23.5 Å². The van der Waals surface area contributed by atoms with Gasteiger partial charge in [0.25, 0.3) is 5.91 Å². The minimum Gasteiger partial charge on any atom is -0.491 e. The number of hydrogen-bond acceptors (Lipinski definition) is 9. The predicted octanol–water partition coefficient (Wildman–Crippen LogP) is 2.50. The van der Waals surface area contributed by atoms with Gasteiger partial charge in [-0.3, -0.25) is 24.6 Å². The van der Waals surface area contributed by atoms with Crippen LogP contribution in [0.5, 0.6) is 5.75 Å². The summed E-state index contributed by atoms with van der Waals surface area (Å²) in [4.78, 5) is 32.9. The molecule has 0 aliphatic carbocycles. The van der Waals surface area contributed by atoms with Gasteiger partial charge in [0.1, 0.15) is 18.5 Å². The number of aryl methyl sites for hydroxylation is 1. The van der Waals surface area contributed by atoms with Gasteiger partial charge in [0.15, 0.2) is 0 Å². The molecule has 0 radical (unpaired) electrons. The summed E-state index contributed by atoms with van der Waals surface area (Å²) in [6, 6.07) is 12.3. The molecule has 0 bridgehead atoms. The van der Waals surface area contributed by atoms with Crippen molar-refractivity contribution in [2.45, 2.75) is 39.0 Å². The number of nitrogens with one attached hydrogen (secondary N) is 2. The summed E-state index contributed by atoms with van der Waals surface area (Å²) in [6.45, 7) is 8.49. The Hall–Kier alpha value is -3.09. The number of carbonyl (C=O) groups is 2. The van der Waals surface area contributed by atoms with Crippen molar-refractivity contribution >= 4 is 39.1 Å². The minimum atomic E-state index is -0.641. The maximum absolute atomic E-state index is 12.7. The van der Waals surface area contributed by atoms with Crippen molar-refractivity contribution in [1.82, 2.24) is 20.3 Å². The summed E-state index contributed by atoms with van der Waals surface area (Å²) in [5, 5.41) is 23.2. The van der Waals surface area contributed by atoms with Gasteiger partial charge < -0.3 is 15.2 Å². The standard InChI is InChI=1S/C26H33N5O5S/c1-16-11-30(13-21(32)15-36-22-8-9-24-23(10-22)27-18(3)37-24)12-17(2)31(16)14-25(33)28-20-6-4-19(5-7-20)26(34)29-35/h4-10,16-17,21,32,35H,11-15H2,1-3H3,(H,28,33)(H,29,34)/t16?,17?,21-/m0/s1. The van der Waals surface area contributed by atoms with E-state index in [0.717, 1.165) is 28.3 Å². The van der Waals surface area contributed by atoms with E-state index in [2.05, 4.69) is 33.9 Å². The second-order valence-corrected chi connectivity index (χ2v) is 10.7. The van der Waals surface area contributed by atoms with Crippen LogP contribution >= 0.6 is 11.3 Å². The molecule has 37 heavy (non-hydrogen) atoms. The first kappa shape index (κ1) is 27.0. The van der Waals surface area contributed by atoms with Gasteiger partial charge in [0.2, 0.25) is 5.91 Å². The molecule has 0 saturated carbocycles. The number of aliphatic hydroxyl groups is 1. The average Bonchev–Trinajstić information content (AvgIpc) is 3.24. The van der Waals surface area contributed by atoms with E-state index in [1.807, 2.05) is 25.1 Å². The first-order valence-electron chi connectivity index (χ1n) is 12.2. The number of thiazole rings is 1. The largest absolute Gasteiger partial charge is 0.491 e. The number of rotatable bonds is 9. The Kier molecular flexibility index (Phi) is 8.72. The molecule has 2 heterocycles. The lowest BCUT2D eigenvalue weighted by atomic mass is 10.1. The quantitative estimate of drug-likeness (QED) is 0.247. The number of hydroxylamine groups is 1. The van der Waals surface area contributed by atoms with Gasteiger partial charge in [-0.05, 0) is 57.2 Å². The fourth-order valence-corrected chi connectivity index (χ4v) is 5.53. The molecule has 1 aliphatic rings. The number of anilines is 1. The molecule has 3 aromatic rings. The third-order valence-corrected chi connectivity index (χ3v) is 7.36. The summed E-state index contributed by atoms with van der Waals surface area (Å²) in [5.74, 6) is -0.0600. The Morgan fingerprint density at radius 1 is 1.16 bits per heavy atom. The van der Waals surface area contributed by atoms with Crippen LogP contribution in [0.1, 0.15) is 29.2 Å². The number of aromatic nitrogens is 1. The van der Waals surface area contributed by atoms with Crippen molar-refractivity contribution in [3.8, 4) is 5.75 Å². The monoisotopic (exact) mass is 527 g/mol. The van der Waals surface area contributed by atoms with Crippen molar-refractivity contribution in [2.24, 2.45) is 0 Å². The molecule has 2 unspecified atom stereocenters. The zero-order valence-electron chi connectivity index (χ0n) is 21.2. The van der Waals surface area contributed by atoms with E-state index in [1.54, 1.807) is 28.9 Å². The average molecular weight is 528 g/mol. The third kappa shape index (κ3) is 7.02. The lowest BCUT2D eigenvalue weighted by Crippen LogP contribution is -2.59. The van der Waals surface area contributed by atoms with Gasteiger partial charge in [-0.25, -0.2) is 10.5 Å². The number of nitrogens with zero attached hydrogens (tertiary/aromatic N) is 3. The zero-order valence-corrected chi connectivity index (χ0v) is 22.0. The highest BCUT2D eigenvalue weighted by atomic mass is 32.1. The Morgan fingerprint density at radius 2 is 1.86 bits per heavy atom. The maximum Gasteiger partial charge on any atom is 0.274 e. The maximum atomic E-state index is 12.7. The normalized spacial score (nSPS) is 19.5. The van der Waals surface area contributed by atoms with Gasteiger partial charge in [-0.2, -0.15) is 0 Å².